The summed E-state index contributed by atoms with van der Waals surface area (Å²) >= 11 is 0. The van der Waals surface area contributed by atoms with E-state index in [9.17, 15) is 9.90 Å². The molecule has 5 nitrogen and oxygen atoms in total. The molecule has 0 aliphatic heterocycles. The Morgan fingerprint density at radius 3 is 2.94 bits per heavy atom. The van der Waals surface area contributed by atoms with Gasteiger partial charge in [0.05, 0.1) is 0 Å². The van der Waals surface area contributed by atoms with Crippen molar-refractivity contribution in [2.45, 2.75) is 0 Å². The van der Waals surface area contributed by atoms with Crippen LogP contribution >= 0.6 is 0 Å². The molecule has 0 heterocycles. The summed E-state index contributed by atoms with van der Waals surface area (Å²) in [6.45, 7) is 0.826. The molecule has 0 aliphatic rings. The van der Waals surface area contributed by atoms with Crippen LogP contribution in [0.4, 0.5) is 5.69 Å². The molecule has 1 rings (SSSR count). The van der Waals surface area contributed by atoms with E-state index in [2.05, 4.69) is 5.32 Å². The Morgan fingerprint density at radius 1 is 1.50 bits per heavy atom. The van der Waals surface area contributed by atoms with E-state index in [1.54, 1.807) is 12.1 Å². The second-order valence-corrected chi connectivity index (χ2v) is 3.23. The van der Waals surface area contributed by atoms with Crippen LogP contribution in [-0.4, -0.2) is 24.1 Å². The normalized spacial score (nSPS) is 10.6. The molecule has 1 aromatic rings. The molecule has 16 heavy (non-hydrogen) atoms. The molecule has 0 saturated carbocycles. The van der Waals surface area contributed by atoms with Gasteiger partial charge in [-0.2, -0.15) is 0 Å². The highest BCUT2D eigenvalue weighted by atomic mass is 16.3. The van der Waals surface area contributed by atoms with Crippen LogP contribution in [0.25, 0.3) is 6.08 Å². The number of phenols is 1. The van der Waals surface area contributed by atoms with Crippen LogP contribution in [0.15, 0.2) is 24.3 Å². The van der Waals surface area contributed by atoms with Gasteiger partial charge in [0.1, 0.15) is 5.75 Å². The van der Waals surface area contributed by atoms with Crippen LogP contribution in [0.5, 0.6) is 5.75 Å². The number of hydrogen-bond acceptors (Lipinski definition) is 4. The topological polar surface area (TPSA) is 101 Å². The number of benzene rings is 1. The Kier molecular flexibility index (Phi) is 4.35. The van der Waals surface area contributed by atoms with Gasteiger partial charge in [0.25, 0.3) is 0 Å². The van der Waals surface area contributed by atoms with Gasteiger partial charge in [-0.15, -0.1) is 0 Å². The summed E-state index contributed by atoms with van der Waals surface area (Å²) in [7, 11) is 0. The lowest BCUT2D eigenvalue weighted by Gasteiger charge is -2.01. The lowest BCUT2D eigenvalue weighted by molar-refractivity contribution is -0.116. The molecule has 0 atom stereocenters. The Labute approximate surface area is 93.8 Å². The largest absolute Gasteiger partial charge is 0.508 e. The molecule has 86 valence electrons. The molecule has 0 aliphatic carbocycles. The standard InChI is InChI=1S/C11H15N3O2/c12-5-6-14-11(16)4-1-8-7-9(15)2-3-10(8)13/h1-4,7,15H,5-6,12-13H2,(H,14,16). The SMILES string of the molecule is NCCNC(=O)C=Cc1cc(O)ccc1N. The molecular formula is C11H15N3O2. The molecule has 0 aromatic heterocycles. The number of amides is 1. The molecule has 0 spiro atoms. The first-order chi connectivity index (χ1) is 7.63. The van der Waals surface area contributed by atoms with Crippen LogP contribution in [0.1, 0.15) is 5.56 Å². The molecular weight excluding hydrogens is 206 g/mol. The first-order valence-electron chi connectivity index (χ1n) is 4.88. The fourth-order valence-electron chi connectivity index (χ4n) is 1.13. The Balaban J connectivity index is 2.68. The summed E-state index contributed by atoms with van der Waals surface area (Å²) in [6, 6.07) is 4.55. The number of carbonyl (C=O) groups is 1. The minimum absolute atomic E-state index is 0.108. The smallest absolute Gasteiger partial charge is 0.244 e. The van der Waals surface area contributed by atoms with Crippen molar-refractivity contribution in [3.05, 3.63) is 29.8 Å². The van der Waals surface area contributed by atoms with Gasteiger partial charge in [-0.1, -0.05) is 0 Å². The van der Waals surface area contributed by atoms with Gasteiger partial charge >= 0.3 is 0 Å². The van der Waals surface area contributed by atoms with Gasteiger partial charge in [0.15, 0.2) is 0 Å². The van der Waals surface area contributed by atoms with E-state index >= 15 is 0 Å². The fraction of sp³-hybridized carbons (Fsp3) is 0.182. The number of anilines is 1. The van der Waals surface area contributed by atoms with Crippen LogP contribution < -0.4 is 16.8 Å². The monoisotopic (exact) mass is 221 g/mol. The zero-order valence-corrected chi connectivity index (χ0v) is 8.81. The fourth-order valence-corrected chi connectivity index (χ4v) is 1.13. The molecule has 5 heteroatoms. The van der Waals surface area contributed by atoms with Crippen molar-refractivity contribution in [2.75, 3.05) is 18.8 Å². The molecule has 0 fully saturated rings. The molecule has 0 bridgehead atoms. The summed E-state index contributed by atoms with van der Waals surface area (Å²) < 4.78 is 0. The molecule has 0 radical (unpaired) electrons. The van der Waals surface area contributed by atoms with Crippen molar-refractivity contribution < 1.29 is 9.90 Å². The molecule has 0 unspecified atom stereocenters. The Hall–Kier alpha value is -2.01. The highest BCUT2D eigenvalue weighted by Crippen LogP contribution is 2.19. The summed E-state index contributed by atoms with van der Waals surface area (Å²) in [5.41, 5.74) is 12.0. The van der Waals surface area contributed by atoms with Crippen molar-refractivity contribution in [2.24, 2.45) is 5.73 Å². The highest BCUT2D eigenvalue weighted by molar-refractivity contribution is 5.92. The predicted octanol–water partition coefficient (Wildman–Crippen LogP) is 0.0625. The van der Waals surface area contributed by atoms with E-state index in [1.165, 1.54) is 18.2 Å². The van der Waals surface area contributed by atoms with Gasteiger partial charge < -0.3 is 21.9 Å². The zero-order valence-electron chi connectivity index (χ0n) is 8.81. The van der Waals surface area contributed by atoms with Crippen molar-refractivity contribution in [3.8, 4) is 5.75 Å². The maximum atomic E-state index is 11.2. The lowest BCUT2D eigenvalue weighted by atomic mass is 10.1. The number of carbonyl (C=O) groups excluding carboxylic acids is 1. The summed E-state index contributed by atoms with van der Waals surface area (Å²) in [6.07, 6.45) is 2.89. The maximum Gasteiger partial charge on any atom is 0.244 e. The van der Waals surface area contributed by atoms with Gasteiger partial charge in [-0.3, -0.25) is 4.79 Å². The third-order valence-electron chi connectivity index (χ3n) is 1.93. The van der Waals surface area contributed by atoms with Gasteiger partial charge in [0.2, 0.25) is 5.91 Å². The lowest BCUT2D eigenvalue weighted by Crippen LogP contribution is -2.27. The molecule has 1 amide bonds. The van der Waals surface area contributed by atoms with Crippen LogP contribution in [0, 0.1) is 0 Å². The van der Waals surface area contributed by atoms with Crippen molar-refractivity contribution in [1.29, 1.82) is 0 Å². The van der Waals surface area contributed by atoms with Gasteiger partial charge in [-0.25, -0.2) is 0 Å². The predicted molar refractivity (Wildman–Crippen MR) is 63.6 cm³/mol. The third kappa shape index (κ3) is 3.62. The van der Waals surface area contributed by atoms with E-state index in [4.69, 9.17) is 11.5 Å². The minimum Gasteiger partial charge on any atom is -0.508 e. The number of rotatable bonds is 4. The minimum atomic E-state index is -0.242. The molecule has 0 saturated heterocycles. The van der Waals surface area contributed by atoms with Crippen LogP contribution in [0.2, 0.25) is 0 Å². The quantitative estimate of drug-likeness (QED) is 0.328. The van der Waals surface area contributed by atoms with E-state index < -0.39 is 0 Å². The van der Waals surface area contributed by atoms with Crippen molar-refractivity contribution in [1.82, 2.24) is 5.32 Å². The first-order valence-corrected chi connectivity index (χ1v) is 4.88. The summed E-state index contributed by atoms with van der Waals surface area (Å²) in [4.78, 5) is 11.2. The number of nitrogens with two attached hydrogens (primary N) is 2. The Bertz CT molecular complexity index is 402. The average molecular weight is 221 g/mol. The van der Waals surface area contributed by atoms with E-state index in [0.29, 0.717) is 24.3 Å². The van der Waals surface area contributed by atoms with Crippen LogP contribution in [-0.2, 0) is 4.79 Å². The Morgan fingerprint density at radius 2 is 2.25 bits per heavy atom. The van der Waals surface area contributed by atoms with E-state index in [0.717, 1.165) is 0 Å². The highest BCUT2D eigenvalue weighted by Gasteiger charge is 1.98. The van der Waals surface area contributed by atoms with Gasteiger partial charge in [0, 0.05) is 30.4 Å². The third-order valence-corrected chi connectivity index (χ3v) is 1.93. The van der Waals surface area contributed by atoms with Crippen LogP contribution in [0.3, 0.4) is 0 Å². The van der Waals surface area contributed by atoms with E-state index in [1.807, 2.05) is 0 Å². The number of hydrogen-bond donors (Lipinski definition) is 4. The second kappa shape index (κ2) is 5.77. The number of phenolic OH excluding ortho intramolecular Hbond substituents is 1. The zero-order chi connectivity index (χ0) is 12.0. The molecule has 1 aromatic carbocycles. The summed E-state index contributed by atoms with van der Waals surface area (Å²) in [5, 5.41) is 11.8. The summed E-state index contributed by atoms with van der Waals surface area (Å²) in [5.74, 6) is -0.135. The average Bonchev–Trinajstić information content (AvgIpc) is 2.27. The van der Waals surface area contributed by atoms with Crippen molar-refractivity contribution in [3.63, 3.8) is 0 Å². The second-order valence-electron chi connectivity index (χ2n) is 3.23. The number of nitrogen functional groups attached to an aromatic ring is 1. The van der Waals surface area contributed by atoms with Crippen molar-refractivity contribution >= 4 is 17.7 Å². The first kappa shape index (κ1) is 12.1. The molecule has 6 N–H and O–H groups in total. The number of nitrogens with one attached hydrogen (secondary N) is 1. The number of aromatic hydroxyl groups is 1. The van der Waals surface area contributed by atoms with E-state index in [-0.39, 0.29) is 11.7 Å². The maximum absolute atomic E-state index is 11.2. The van der Waals surface area contributed by atoms with Gasteiger partial charge in [-0.05, 0) is 24.3 Å².